The van der Waals surface area contributed by atoms with E-state index in [1.54, 1.807) is 0 Å². The zero-order valence-corrected chi connectivity index (χ0v) is 11.4. The number of hydrogen-bond acceptors (Lipinski definition) is 2. The third-order valence-corrected chi connectivity index (χ3v) is 3.44. The van der Waals surface area contributed by atoms with E-state index in [1.807, 2.05) is 23.1 Å². The van der Waals surface area contributed by atoms with Crippen LogP contribution in [0.5, 0.6) is 0 Å². The van der Waals surface area contributed by atoms with E-state index >= 15 is 0 Å². The van der Waals surface area contributed by atoms with Gasteiger partial charge in [-0.1, -0.05) is 51.1 Å². The first-order chi connectivity index (χ1) is 8.39. The van der Waals surface area contributed by atoms with Crippen LogP contribution in [0.1, 0.15) is 38.8 Å². The predicted molar refractivity (Wildman–Crippen MR) is 72.9 cm³/mol. The van der Waals surface area contributed by atoms with Crippen LogP contribution in [0.2, 0.25) is 0 Å². The van der Waals surface area contributed by atoms with Gasteiger partial charge in [0, 0.05) is 19.0 Å². The molecule has 0 aromatic heterocycles. The van der Waals surface area contributed by atoms with Gasteiger partial charge in [-0.3, -0.25) is 4.79 Å². The third kappa shape index (κ3) is 2.56. The lowest BCUT2D eigenvalue weighted by Crippen LogP contribution is -2.39. The van der Waals surface area contributed by atoms with Crippen LogP contribution in [0, 0.1) is 5.41 Å². The number of rotatable bonds is 2. The Labute approximate surface area is 109 Å². The molecule has 0 spiro atoms. The first-order valence-corrected chi connectivity index (χ1v) is 6.49. The van der Waals surface area contributed by atoms with Crippen LogP contribution in [0.15, 0.2) is 30.3 Å². The second-order valence-corrected chi connectivity index (χ2v) is 6.19. The van der Waals surface area contributed by atoms with Crippen molar-refractivity contribution in [3.63, 3.8) is 0 Å². The Bertz CT molecular complexity index is 422. The van der Waals surface area contributed by atoms with Crippen molar-refractivity contribution in [1.82, 2.24) is 4.90 Å². The van der Waals surface area contributed by atoms with Crippen LogP contribution in [-0.4, -0.2) is 23.4 Å². The highest BCUT2D eigenvalue weighted by Crippen LogP contribution is 2.39. The molecule has 1 fully saturated rings. The molecule has 18 heavy (non-hydrogen) atoms. The van der Waals surface area contributed by atoms with E-state index in [-0.39, 0.29) is 23.4 Å². The van der Waals surface area contributed by atoms with Gasteiger partial charge in [0.1, 0.15) is 0 Å². The molecule has 1 aliphatic rings. The Balaban J connectivity index is 2.36. The van der Waals surface area contributed by atoms with Gasteiger partial charge in [0.15, 0.2) is 0 Å². The van der Waals surface area contributed by atoms with E-state index in [0.717, 1.165) is 0 Å². The minimum Gasteiger partial charge on any atom is -0.334 e. The summed E-state index contributed by atoms with van der Waals surface area (Å²) < 4.78 is 0. The van der Waals surface area contributed by atoms with Crippen molar-refractivity contribution in [1.29, 1.82) is 0 Å². The van der Waals surface area contributed by atoms with Crippen molar-refractivity contribution in [2.75, 3.05) is 6.54 Å². The summed E-state index contributed by atoms with van der Waals surface area (Å²) in [7, 11) is 0. The minimum atomic E-state index is -0.0222. The van der Waals surface area contributed by atoms with Gasteiger partial charge in [-0.2, -0.15) is 0 Å². The first-order valence-electron chi connectivity index (χ1n) is 6.49. The van der Waals surface area contributed by atoms with E-state index in [4.69, 9.17) is 5.73 Å². The van der Waals surface area contributed by atoms with Gasteiger partial charge in [0.05, 0.1) is 6.04 Å². The highest BCUT2D eigenvalue weighted by molar-refractivity contribution is 5.79. The molecule has 98 valence electrons. The maximum atomic E-state index is 12.1. The van der Waals surface area contributed by atoms with Gasteiger partial charge in [-0.05, 0) is 11.0 Å². The number of amides is 1. The molecule has 0 radical (unpaired) electrons. The van der Waals surface area contributed by atoms with Crippen LogP contribution in [0.3, 0.4) is 0 Å². The smallest absolute Gasteiger partial charge is 0.224 e. The molecule has 1 saturated heterocycles. The minimum absolute atomic E-state index is 0.00106. The maximum Gasteiger partial charge on any atom is 0.224 e. The molecule has 0 aliphatic carbocycles. The van der Waals surface area contributed by atoms with Crippen molar-refractivity contribution in [3.05, 3.63) is 35.9 Å². The average Bonchev–Trinajstić information content (AvgIpc) is 2.58. The number of nitrogens with zero attached hydrogens (tertiary/aromatic N) is 1. The van der Waals surface area contributed by atoms with E-state index in [2.05, 4.69) is 32.9 Å². The standard InChI is InChI=1S/C15H22N2O/c1-15(2,3)14(11-7-5-4-6-8-11)17-10-12(16)9-13(17)18/h4-8,12,14H,9-10,16H2,1-3H3. The SMILES string of the molecule is CC(C)(C)C(c1ccccc1)N1CC(N)CC1=O. The molecule has 2 unspecified atom stereocenters. The maximum absolute atomic E-state index is 12.1. The Kier molecular flexibility index (Phi) is 3.44. The van der Waals surface area contributed by atoms with Crippen LogP contribution in [0.4, 0.5) is 0 Å². The van der Waals surface area contributed by atoms with Gasteiger partial charge in [0.25, 0.3) is 0 Å². The summed E-state index contributed by atoms with van der Waals surface area (Å²) in [4.78, 5) is 14.0. The highest BCUT2D eigenvalue weighted by Gasteiger charge is 2.39. The summed E-state index contributed by atoms with van der Waals surface area (Å²) in [5.74, 6) is 0.172. The van der Waals surface area contributed by atoms with Crippen molar-refractivity contribution < 1.29 is 4.79 Å². The molecule has 1 aromatic rings. The summed E-state index contributed by atoms with van der Waals surface area (Å²) in [6.07, 6.45) is 0.472. The molecular formula is C15H22N2O. The average molecular weight is 246 g/mol. The summed E-state index contributed by atoms with van der Waals surface area (Å²) >= 11 is 0. The third-order valence-electron chi connectivity index (χ3n) is 3.44. The first kappa shape index (κ1) is 13.1. The normalized spacial score (nSPS) is 22.3. The van der Waals surface area contributed by atoms with Crippen LogP contribution >= 0.6 is 0 Å². The number of benzene rings is 1. The van der Waals surface area contributed by atoms with Crippen molar-refractivity contribution in [2.45, 2.75) is 39.3 Å². The molecule has 3 nitrogen and oxygen atoms in total. The second-order valence-electron chi connectivity index (χ2n) is 6.19. The largest absolute Gasteiger partial charge is 0.334 e. The van der Waals surface area contributed by atoms with Gasteiger partial charge in [-0.15, -0.1) is 0 Å². The molecule has 1 aliphatic heterocycles. The number of carbonyl (C=O) groups excluding carboxylic acids is 1. The number of likely N-dealkylation sites (tertiary alicyclic amines) is 1. The summed E-state index contributed by atoms with van der Waals surface area (Å²) in [6, 6.07) is 10.3. The molecule has 1 aromatic carbocycles. The van der Waals surface area contributed by atoms with Gasteiger partial charge in [0.2, 0.25) is 5.91 Å². The Morgan fingerprint density at radius 1 is 1.28 bits per heavy atom. The van der Waals surface area contributed by atoms with E-state index in [9.17, 15) is 4.79 Å². The van der Waals surface area contributed by atoms with Crippen molar-refractivity contribution in [2.24, 2.45) is 11.1 Å². The summed E-state index contributed by atoms with van der Waals surface area (Å²) in [5.41, 5.74) is 7.10. The summed E-state index contributed by atoms with van der Waals surface area (Å²) in [6.45, 7) is 7.17. The Morgan fingerprint density at radius 2 is 1.89 bits per heavy atom. The fourth-order valence-electron chi connectivity index (χ4n) is 2.79. The van der Waals surface area contributed by atoms with Crippen LogP contribution in [-0.2, 0) is 4.79 Å². The lowest BCUT2D eigenvalue weighted by molar-refractivity contribution is -0.132. The molecule has 1 amide bonds. The Morgan fingerprint density at radius 3 is 2.33 bits per heavy atom. The van der Waals surface area contributed by atoms with E-state index in [1.165, 1.54) is 5.56 Å². The lowest BCUT2D eigenvalue weighted by Gasteiger charge is -2.38. The van der Waals surface area contributed by atoms with Crippen molar-refractivity contribution in [3.8, 4) is 0 Å². The molecule has 1 heterocycles. The zero-order chi connectivity index (χ0) is 13.3. The fraction of sp³-hybridized carbons (Fsp3) is 0.533. The lowest BCUT2D eigenvalue weighted by atomic mass is 9.81. The Hall–Kier alpha value is -1.35. The molecule has 0 bridgehead atoms. The molecule has 2 atom stereocenters. The second kappa shape index (κ2) is 4.73. The van der Waals surface area contributed by atoms with Crippen LogP contribution < -0.4 is 5.73 Å². The fourth-order valence-corrected chi connectivity index (χ4v) is 2.79. The van der Waals surface area contributed by atoms with Gasteiger partial charge in [-0.25, -0.2) is 0 Å². The number of hydrogen-bond donors (Lipinski definition) is 1. The van der Waals surface area contributed by atoms with E-state index < -0.39 is 0 Å². The molecular weight excluding hydrogens is 224 g/mol. The predicted octanol–water partition coefficient (Wildman–Crippen LogP) is 2.33. The topological polar surface area (TPSA) is 46.3 Å². The molecule has 0 saturated carbocycles. The van der Waals surface area contributed by atoms with Crippen molar-refractivity contribution >= 4 is 5.91 Å². The van der Waals surface area contributed by atoms with E-state index in [0.29, 0.717) is 13.0 Å². The van der Waals surface area contributed by atoms with Gasteiger partial charge < -0.3 is 10.6 Å². The number of nitrogens with two attached hydrogens (primary N) is 1. The number of carbonyl (C=O) groups is 1. The quantitative estimate of drug-likeness (QED) is 0.870. The molecule has 2 N–H and O–H groups in total. The zero-order valence-electron chi connectivity index (χ0n) is 11.4. The highest BCUT2D eigenvalue weighted by atomic mass is 16.2. The van der Waals surface area contributed by atoms with Gasteiger partial charge >= 0.3 is 0 Å². The molecule has 2 rings (SSSR count). The van der Waals surface area contributed by atoms with Crippen LogP contribution in [0.25, 0.3) is 0 Å². The monoisotopic (exact) mass is 246 g/mol. The molecule has 3 heteroatoms. The summed E-state index contributed by atoms with van der Waals surface area (Å²) in [5, 5.41) is 0.